The molecule has 0 spiro atoms. The molecule has 0 saturated heterocycles. The second-order valence-corrected chi connectivity index (χ2v) is 12.3. The molecule has 0 amide bonds. The first-order valence-corrected chi connectivity index (χ1v) is 20.8. The van der Waals surface area contributed by atoms with Crippen molar-refractivity contribution in [2.75, 3.05) is 0 Å². The summed E-state index contributed by atoms with van der Waals surface area (Å²) in [5.74, 6) is 146. The molecule has 0 unspecified atom stereocenters. The monoisotopic (exact) mass is 930 g/mol. The maximum Gasteiger partial charge on any atom is 0.129 e. The molecular weight excluding hydrogens is 905 g/mol. The number of carbonyl (C=O) groups is 1. The third-order valence-electron chi connectivity index (χ3n) is 6.57. The average Bonchev–Trinajstić information content (AvgIpc) is 3.41. The molecule has 1 nitrogen and oxygen atoms in total. The lowest BCUT2D eigenvalue weighted by Gasteiger charge is -2.25. The van der Waals surface area contributed by atoms with E-state index >= 15 is 0 Å². The van der Waals surface area contributed by atoms with Gasteiger partial charge in [0, 0.05) is 243 Å². The topological polar surface area (TPSA) is 17.1 Å². The van der Waals surface area contributed by atoms with E-state index in [0.29, 0.717) is 12.2 Å². The fourth-order valence-electron chi connectivity index (χ4n) is 3.63. The summed E-state index contributed by atoms with van der Waals surface area (Å²) < 4.78 is 0. The third kappa shape index (κ3) is 49.4. The van der Waals surface area contributed by atoms with Crippen molar-refractivity contribution in [3.05, 3.63) is 35.9 Å². The maximum absolute atomic E-state index is 10.9. The molecule has 328 valence electrons. The van der Waals surface area contributed by atoms with E-state index in [1.165, 1.54) is 5.56 Å². The van der Waals surface area contributed by atoms with Gasteiger partial charge in [0.15, 0.2) is 0 Å². The molecule has 0 radical (unpaired) electrons. The first kappa shape index (κ1) is 61.1. The highest BCUT2D eigenvalue weighted by Crippen LogP contribution is 2.28. The number of hydrogen-bond acceptors (Lipinski definition) is 1. The molecule has 1 aromatic carbocycles. The van der Waals surface area contributed by atoms with Gasteiger partial charge in [0.25, 0.3) is 0 Å². The van der Waals surface area contributed by atoms with Crippen molar-refractivity contribution < 1.29 is 4.79 Å². The molecular formula is C74H26O. The lowest BCUT2D eigenvalue weighted by atomic mass is 9.80. The minimum Gasteiger partial charge on any atom is -0.300 e. The van der Waals surface area contributed by atoms with E-state index in [1.807, 2.05) is 6.07 Å². The molecule has 75 heavy (non-hydrogen) atoms. The summed E-state index contributed by atoms with van der Waals surface area (Å²) in [4.78, 5) is 10.9. The summed E-state index contributed by atoms with van der Waals surface area (Å²) in [6.07, 6.45) is 2.75. The number of rotatable bonds is 5. The molecule has 0 atom stereocenters. The van der Waals surface area contributed by atoms with E-state index in [4.69, 9.17) is 0 Å². The fourth-order valence-corrected chi connectivity index (χ4v) is 3.63. The first-order chi connectivity index (χ1) is 36.9. The first-order valence-electron chi connectivity index (χ1n) is 20.8. The van der Waals surface area contributed by atoms with Crippen LogP contribution in [-0.2, 0) is 10.2 Å². The Hall–Kier alpha value is -13.9. The predicted molar refractivity (Wildman–Crippen MR) is 301 cm³/mol. The van der Waals surface area contributed by atoms with E-state index < -0.39 is 0 Å². The van der Waals surface area contributed by atoms with Gasteiger partial charge < -0.3 is 4.79 Å². The third-order valence-corrected chi connectivity index (χ3v) is 6.57. The van der Waals surface area contributed by atoms with Gasteiger partial charge in [-0.2, -0.15) is 0 Å². The van der Waals surface area contributed by atoms with Gasteiger partial charge in [-0.25, -0.2) is 0 Å². The highest BCUT2D eigenvalue weighted by molar-refractivity contribution is 5.75. The van der Waals surface area contributed by atoms with Crippen LogP contribution in [0.25, 0.3) is 0 Å². The second-order valence-electron chi connectivity index (χ2n) is 12.3. The Labute approximate surface area is 446 Å². The molecule has 0 aliphatic carbocycles. The van der Waals surface area contributed by atoms with Crippen molar-refractivity contribution in [2.45, 2.75) is 59.3 Å². The number of carbonyl (C=O) groups excluding carboxylic acids is 1. The molecule has 0 aliphatic heterocycles. The van der Waals surface area contributed by atoms with Crippen molar-refractivity contribution in [3.8, 4) is 343 Å². The Morgan fingerprint density at radius 3 is 0.600 bits per heavy atom. The van der Waals surface area contributed by atoms with Gasteiger partial charge >= 0.3 is 0 Å². The summed E-state index contributed by atoms with van der Waals surface area (Å²) in [5.41, 5.74) is 1.53. The summed E-state index contributed by atoms with van der Waals surface area (Å²) in [5, 5.41) is 0. The van der Waals surface area contributed by atoms with Gasteiger partial charge in [0.2, 0.25) is 0 Å². The largest absolute Gasteiger partial charge is 0.300 e. The predicted octanol–water partition coefficient (Wildman–Crippen LogP) is 4.85. The Kier molecular flexibility index (Phi) is 41.7. The summed E-state index contributed by atoms with van der Waals surface area (Å²) in [7, 11) is 0. The zero-order chi connectivity index (χ0) is 54.3. The van der Waals surface area contributed by atoms with Gasteiger partial charge in [0.1, 0.15) is 5.78 Å². The number of Topliss-reactive ketones (excluding diaryl/α,β-unsaturated/α-hetero) is 1. The van der Waals surface area contributed by atoms with Crippen LogP contribution in [0.5, 0.6) is 0 Å². The smallest absolute Gasteiger partial charge is 0.129 e. The summed E-state index contributed by atoms with van der Waals surface area (Å²) in [6.45, 7) is 9.51. The number of hydrogen-bond donors (Lipinski definition) is 0. The molecule has 0 N–H and O–H groups in total. The van der Waals surface area contributed by atoms with Gasteiger partial charge in [-0.05, 0) is 139 Å². The lowest BCUT2D eigenvalue weighted by molar-refractivity contribution is -0.117. The second kappa shape index (κ2) is 51.1. The van der Waals surface area contributed by atoms with Crippen LogP contribution in [-0.4, -0.2) is 5.78 Å². The molecule has 0 fully saturated rings. The van der Waals surface area contributed by atoms with Crippen molar-refractivity contribution in [1.29, 1.82) is 0 Å². The normalized spacial score (nSPS) is 5.45. The van der Waals surface area contributed by atoms with Crippen molar-refractivity contribution in [1.82, 2.24) is 0 Å². The van der Waals surface area contributed by atoms with E-state index in [-0.39, 0.29) is 5.41 Å². The molecule has 1 heteroatoms. The molecule has 0 aromatic heterocycles. The van der Waals surface area contributed by atoms with Crippen LogP contribution in [0.3, 0.4) is 0 Å². The highest BCUT2D eigenvalue weighted by atomic mass is 16.1. The van der Waals surface area contributed by atoms with Crippen LogP contribution in [0.4, 0.5) is 0 Å². The molecule has 0 heterocycles. The zero-order valence-corrected chi connectivity index (χ0v) is 40.9. The molecule has 0 aliphatic rings. The Morgan fingerprint density at radius 2 is 0.453 bits per heavy atom. The van der Waals surface area contributed by atoms with Gasteiger partial charge in [0.05, 0.1) is 0 Å². The van der Waals surface area contributed by atoms with E-state index in [9.17, 15) is 4.79 Å². The van der Waals surface area contributed by atoms with Gasteiger partial charge in [-0.15, -0.1) is 0 Å². The van der Waals surface area contributed by atoms with Crippen molar-refractivity contribution >= 4 is 5.78 Å². The van der Waals surface area contributed by atoms with Crippen molar-refractivity contribution in [3.63, 3.8) is 0 Å². The minimum absolute atomic E-state index is 0.177. The SMILES string of the molecule is CC#CC#CC#CC#CC#CC#CC#CC#CC#CC#CC#CC#CC#CC#CC#CC#CC#CC#CC#CC#CC#CC#CC#CC#CC#CC#CC#CC#CC#CC.CC(=O)CCCC(C)(C)c1ccccc1. The van der Waals surface area contributed by atoms with Crippen LogP contribution >= 0.6 is 0 Å². The van der Waals surface area contributed by atoms with Crippen LogP contribution in [0.2, 0.25) is 0 Å². The zero-order valence-electron chi connectivity index (χ0n) is 40.9. The quantitative estimate of drug-likeness (QED) is 0.387. The standard InChI is InChI=1S/C60H6.C14H20O/c1-3-5-7-9-11-13-15-17-19-21-23-25-27-29-31-33-35-37-39-41-43-45-47-49-51-53-55-57-59-60-58-56-54-52-50-48-46-44-42-40-38-36-34-32-30-28-26-24-22-20-18-16-14-12-10-8-6-4-2;1-12(15)8-7-11-14(2,3)13-9-5-4-6-10-13/h1-2H3;4-6,9-10H,7-8,11H2,1-3H3. The van der Waals surface area contributed by atoms with Crippen molar-refractivity contribution in [2.24, 2.45) is 0 Å². The summed E-state index contributed by atoms with van der Waals surface area (Å²) >= 11 is 0. The van der Waals surface area contributed by atoms with Crippen LogP contribution < -0.4 is 0 Å². The number of benzene rings is 1. The van der Waals surface area contributed by atoms with Crippen LogP contribution in [0.15, 0.2) is 30.3 Å². The van der Waals surface area contributed by atoms with E-state index in [0.717, 1.165) is 12.8 Å². The molecule has 0 bridgehead atoms. The average molecular weight is 931 g/mol. The lowest BCUT2D eigenvalue weighted by Crippen LogP contribution is -2.17. The van der Waals surface area contributed by atoms with Gasteiger partial charge in [-0.3, -0.25) is 0 Å². The molecule has 1 aromatic rings. The molecule has 1 rings (SSSR count). The van der Waals surface area contributed by atoms with Crippen LogP contribution in [0.1, 0.15) is 59.4 Å². The fraction of sp³-hybridized carbons (Fsp3) is 0.122. The number of ketones is 1. The Morgan fingerprint density at radius 1 is 0.293 bits per heavy atom. The maximum atomic E-state index is 10.9. The van der Waals surface area contributed by atoms with E-state index in [1.54, 1.807) is 20.8 Å². The summed E-state index contributed by atoms with van der Waals surface area (Å²) in [6, 6.07) is 10.5. The Balaban J connectivity index is 0.00000310. The minimum atomic E-state index is 0.177. The van der Waals surface area contributed by atoms with E-state index in [2.05, 4.69) is 381 Å². The van der Waals surface area contributed by atoms with Gasteiger partial charge in [-0.1, -0.05) is 56.0 Å². The molecule has 0 saturated carbocycles. The Bertz CT molecular complexity index is 4140. The van der Waals surface area contributed by atoms with Crippen LogP contribution in [0, 0.1) is 343 Å². The highest BCUT2D eigenvalue weighted by Gasteiger charge is 2.19.